The Balaban J connectivity index is 0.00000118. The summed E-state index contributed by atoms with van der Waals surface area (Å²) in [5.41, 5.74) is 7.04. The molecule has 0 saturated heterocycles. The van der Waals surface area contributed by atoms with Crippen molar-refractivity contribution < 1.29 is 76.0 Å². The monoisotopic (exact) mass is 1230 g/mol. The number of nitrogens with one attached hydrogen (secondary N) is 6. The minimum atomic E-state index is -3.89. The highest BCUT2D eigenvalue weighted by atomic mass is 32.2. The molecular formula is C59H98N10O16S. The minimum Gasteiger partial charge on any atom is -0.481 e. The number of hydrogen-bond donors (Lipinski definition) is 9. The van der Waals surface area contributed by atoms with Crippen molar-refractivity contribution in [2.24, 2.45) is 11.7 Å². The summed E-state index contributed by atoms with van der Waals surface area (Å²) in [5, 5.41) is 43.2. The number of carboxylic acids is 2. The number of hydrogen-bond acceptors (Lipinski definition) is 17. The summed E-state index contributed by atoms with van der Waals surface area (Å²) in [4.78, 5) is 120. The number of nitrogens with zero attached hydrogens (tertiary/aromatic N) is 3. The van der Waals surface area contributed by atoms with Crippen molar-refractivity contribution in [3.05, 3.63) is 41.2 Å². The highest BCUT2D eigenvalue weighted by molar-refractivity contribution is 7.90. The first-order chi connectivity index (χ1) is 41.2. The largest absolute Gasteiger partial charge is 0.481 e. The van der Waals surface area contributed by atoms with Crippen LogP contribution in [-0.4, -0.2) is 156 Å². The van der Waals surface area contributed by atoms with Crippen molar-refractivity contribution in [2.45, 2.75) is 219 Å². The van der Waals surface area contributed by atoms with E-state index in [4.69, 9.17) is 15.2 Å². The van der Waals surface area contributed by atoms with E-state index in [2.05, 4.69) is 46.6 Å². The van der Waals surface area contributed by atoms with Gasteiger partial charge in [0.05, 0.1) is 11.7 Å². The number of benzene rings is 1. The molecule has 0 saturated carbocycles. The van der Waals surface area contributed by atoms with Gasteiger partial charge in [-0.3, -0.25) is 47.9 Å². The van der Waals surface area contributed by atoms with E-state index in [-0.39, 0.29) is 101 Å². The summed E-state index contributed by atoms with van der Waals surface area (Å²) in [6.07, 6.45) is 17.6. The van der Waals surface area contributed by atoms with Crippen LogP contribution in [0.2, 0.25) is 0 Å². The number of amides is 6. The second-order valence-electron chi connectivity index (χ2n) is 21.5. The number of carbonyl (C=O) groups excluding carboxylic acids is 8. The van der Waals surface area contributed by atoms with Gasteiger partial charge in [0.15, 0.2) is 5.82 Å². The van der Waals surface area contributed by atoms with E-state index < -0.39 is 75.1 Å². The fraction of sp³-hybridized carbons (Fsp3) is 0.712. The topological polar surface area (TPSA) is 404 Å². The van der Waals surface area contributed by atoms with Crippen molar-refractivity contribution >= 4 is 69.0 Å². The Labute approximate surface area is 507 Å². The SMILES string of the molecule is CCCOCC(=O)NC(CCCCNC(=O)c1ccc(C)cc1)C(N)=O.COCCCC(=O)CCC(NC(=O)CCC(CC(=O)CCCNC(=O)CCCS(=O)(=O)NC(=O)CCCCCCCCCCCCCCCc1nn[nH]n1)C(=O)O)C(=O)O. The van der Waals surface area contributed by atoms with Gasteiger partial charge in [0.25, 0.3) is 5.91 Å². The molecule has 0 aliphatic carbocycles. The van der Waals surface area contributed by atoms with Crippen molar-refractivity contribution in [3.8, 4) is 0 Å². The third-order valence-corrected chi connectivity index (χ3v) is 15.1. The molecule has 486 valence electrons. The minimum absolute atomic E-state index is 0.00985. The van der Waals surface area contributed by atoms with Gasteiger partial charge in [0.2, 0.25) is 39.6 Å². The number of aryl methyl sites for hydroxylation is 2. The molecule has 0 radical (unpaired) electrons. The van der Waals surface area contributed by atoms with Crippen LogP contribution in [0.15, 0.2) is 24.3 Å². The lowest BCUT2D eigenvalue weighted by molar-refractivity contribution is -0.145. The van der Waals surface area contributed by atoms with E-state index in [0.717, 1.165) is 56.3 Å². The number of carbonyl (C=O) groups is 10. The van der Waals surface area contributed by atoms with Crippen LogP contribution in [-0.2, 0) is 69.1 Å². The van der Waals surface area contributed by atoms with Crippen molar-refractivity contribution in [3.63, 3.8) is 0 Å². The summed E-state index contributed by atoms with van der Waals surface area (Å²) in [5.74, 6) is -6.73. The van der Waals surface area contributed by atoms with Gasteiger partial charge in [0.1, 0.15) is 30.3 Å². The molecule has 0 aliphatic rings. The average molecular weight is 1240 g/mol. The first-order valence-electron chi connectivity index (χ1n) is 30.5. The quantitative estimate of drug-likeness (QED) is 0.0374. The highest BCUT2D eigenvalue weighted by Crippen LogP contribution is 2.16. The summed E-state index contributed by atoms with van der Waals surface area (Å²) < 4.78 is 36.7. The van der Waals surface area contributed by atoms with E-state index in [1.54, 1.807) is 12.1 Å². The van der Waals surface area contributed by atoms with Crippen LogP contribution in [0.1, 0.15) is 215 Å². The van der Waals surface area contributed by atoms with Gasteiger partial charge in [-0.1, -0.05) is 100 Å². The number of aliphatic carboxylic acids is 2. The lowest BCUT2D eigenvalue weighted by Gasteiger charge is -2.16. The number of aromatic nitrogens is 4. The third kappa shape index (κ3) is 42.1. The van der Waals surface area contributed by atoms with Crippen LogP contribution in [0.3, 0.4) is 0 Å². The van der Waals surface area contributed by atoms with Crippen LogP contribution in [0.5, 0.6) is 0 Å². The Bertz CT molecular complexity index is 2410. The van der Waals surface area contributed by atoms with Gasteiger partial charge in [-0.25, -0.2) is 13.2 Å². The van der Waals surface area contributed by atoms with E-state index in [1.807, 2.05) is 26.0 Å². The first-order valence-corrected chi connectivity index (χ1v) is 32.1. The number of carboxylic acid groups (broad SMARTS) is 2. The third-order valence-electron chi connectivity index (χ3n) is 13.7. The van der Waals surface area contributed by atoms with Crippen molar-refractivity contribution in [1.82, 2.24) is 46.6 Å². The molecule has 3 unspecified atom stereocenters. The number of methoxy groups -OCH3 is 1. The summed E-state index contributed by atoms with van der Waals surface area (Å²) in [6.45, 7) is 5.31. The molecule has 86 heavy (non-hydrogen) atoms. The summed E-state index contributed by atoms with van der Waals surface area (Å²) in [7, 11) is -2.39. The number of tetrazole rings is 1. The Morgan fingerprint density at radius 1 is 0.605 bits per heavy atom. The molecule has 0 spiro atoms. The summed E-state index contributed by atoms with van der Waals surface area (Å²) >= 11 is 0. The Morgan fingerprint density at radius 3 is 1.80 bits per heavy atom. The molecule has 1 aromatic heterocycles. The van der Waals surface area contributed by atoms with E-state index >= 15 is 0 Å². The Hall–Kier alpha value is -6.74. The molecule has 3 atom stereocenters. The van der Waals surface area contributed by atoms with Gasteiger partial charge in [-0.05, 0) is 89.7 Å². The highest BCUT2D eigenvalue weighted by Gasteiger charge is 2.26. The predicted octanol–water partition coefficient (Wildman–Crippen LogP) is 5.40. The Kier molecular flexibility index (Phi) is 43.5. The molecule has 6 amide bonds. The lowest BCUT2D eigenvalue weighted by Crippen LogP contribution is -2.45. The van der Waals surface area contributed by atoms with Crippen LogP contribution in [0.25, 0.3) is 0 Å². The van der Waals surface area contributed by atoms with Gasteiger partial charge in [-0.15, -0.1) is 10.2 Å². The molecule has 1 aromatic carbocycles. The molecule has 10 N–H and O–H groups in total. The van der Waals surface area contributed by atoms with Crippen LogP contribution in [0, 0.1) is 12.8 Å². The molecule has 1 heterocycles. The smallest absolute Gasteiger partial charge is 0.326 e. The second kappa shape index (κ2) is 48.4. The van der Waals surface area contributed by atoms with Gasteiger partial charge in [0, 0.05) is 90.3 Å². The molecule has 0 bridgehead atoms. The van der Waals surface area contributed by atoms with Gasteiger partial charge in [-0.2, -0.15) is 5.21 Å². The number of rotatable bonds is 52. The number of unbranched alkanes of at least 4 members (excludes halogenated alkanes) is 13. The summed E-state index contributed by atoms with van der Waals surface area (Å²) in [6, 6.07) is 5.30. The zero-order valence-corrected chi connectivity index (χ0v) is 51.8. The Morgan fingerprint density at radius 2 is 1.21 bits per heavy atom. The maximum atomic E-state index is 12.4. The van der Waals surface area contributed by atoms with E-state index in [9.17, 15) is 66.6 Å². The van der Waals surface area contributed by atoms with E-state index in [0.29, 0.717) is 57.4 Å². The molecule has 2 aromatic rings. The maximum Gasteiger partial charge on any atom is 0.326 e. The normalized spacial score (nSPS) is 12.1. The van der Waals surface area contributed by atoms with Gasteiger partial charge < -0.3 is 46.7 Å². The van der Waals surface area contributed by atoms with Gasteiger partial charge >= 0.3 is 11.9 Å². The fourth-order valence-corrected chi connectivity index (χ4v) is 9.85. The number of aromatic amines is 1. The fourth-order valence-electron chi connectivity index (χ4n) is 8.78. The number of nitrogens with two attached hydrogens (primary N) is 1. The molecule has 27 heteroatoms. The number of sulfonamides is 1. The zero-order valence-electron chi connectivity index (χ0n) is 50.9. The number of Topliss-reactive ketones (excluding diaryl/α,β-unsaturated/α-hetero) is 2. The molecule has 0 aliphatic heterocycles. The van der Waals surface area contributed by atoms with Crippen molar-refractivity contribution in [1.29, 1.82) is 0 Å². The number of primary amides is 1. The van der Waals surface area contributed by atoms with E-state index in [1.165, 1.54) is 52.1 Å². The molecule has 2 rings (SSSR count). The molecule has 26 nitrogen and oxygen atoms in total. The standard InChI is InChI=1S/C40H69N7O12S.C19H29N3O4/c1-59-28-16-19-32(48)24-25-34(40(55)56)42-37(51)26-23-31(39(53)54)30-33(49)18-15-27-41-36(50)22-17-29-60(57,58)45-38(52)21-14-12-10-8-6-4-2-3-5-7-9-11-13-20-35-43-46-47-44-35;1-3-12-26-13-17(23)22-16(18(20)24)6-4-5-11-21-19(25)15-9-7-14(2)8-10-15/h31,34H,2-30H2,1H3,(H,41,50)(H,42,51)(H,45,52)(H,53,54)(H,55,56)(H,43,44,46,47);7-10,16H,3-6,11-13H2,1-2H3,(H2,20,24)(H,21,25)(H,22,23). The maximum absolute atomic E-state index is 12.4. The van der Waals surface area contributed by atoms with Crippen molar-refractivity contribution in [2.75, 3.05) is 45.8 Å². The number of ether oxygens (including phenoxy) is 2. The molecular weight excluding hydrogens is 1140 g/mol. The second-order valence-corrected chi connectivity index (χ2v) is 23.3. The number of H-pyrrole nitrogens is 1. The van der Waals surface area contributed by atoms with Crippen LogP contribution < -0.4 is 31.7 Å². The first kappa shape index (κ1) is 77.3. The predicted molar refractivity (Wildman–Crippen MR) is 320 cm³/mol. The van der Waals surface area contributed by atoms with Crippen LogP contribution >= 0.6 is 0 Å². The molecule has 0 fully saturated rings. The van der Waals surface area contributed by atoms with Crippen LogP contribution in [0.4, 0.5) is 0 Å². The average Bonchev–Trinajstić information content (AvgIpc) is 4.06. The number of ketones is 2. The lowest BCUT2D eigenvalue weighted by atomic mass is 9.95. The zero-order chi connectivity index (χ0) is 63.8.